The molecule has 1 atom stereocenters. The molecule has 0 amide bonds. The maximum absolute atomic E-state index is 12.4. The summed E-state index contributed by atoms with van der Waals surface area (Å²) in [5.41, 5.74) is 1.40. The van der Waals surface area contributed by atoms with Gasteiger partial charge in [-0.1, -0.05) is 48.4 Å². The van der Waals surface area contributed by atoms with Crippen molar-refractivity contribution in [2.45, 2.75) is 19.8 Å². The van der Waals surface area contributed by atoms with E-state index >= 15 is 0 Å². The van der Waals surface area contributed by atoms with Crippen LogP contribution in [0, 0.1) is 18.3 Å². The van der Waals surface area contributed by atoms with Crippen LogP contribution in [-0.4, -0.2) is 18.9 Å². The number of esters is 1. The Morgan fingerprint density at radius 3 is 2.50 bits per heavy atom. The number of allylic oxidation sites excluding steroid dienone is 4. The van der Waals surface area contributed by atoms with Crippen LogP contribution >= 0.6 is 0 Å². The summed E-state index contributed by atoms with van der Waals surface area (Å²) in [7, 11) is 1.33. The van der Waals surface area contributed by atoms with Crippen molar-refractivity contribution in [1.29, 1.82) is 0 Å². The molecule has 22 heavy (non-hydrogen) atoms. The highest BCUT2D eigenvalue weighted by Crippen LogP contribution is 2.23. The molecule has 0 aliphatic rings. The third-order valence-electron chi connectivity index (χ3n) is 3.25. The number of ketones is 1. The molecule has 0 fully saturated rings. The van der Waals surface area contributed by atoms with Gasteiger partial charge in [0.05, 0.1) is 13.5 Å². The number of carbonyl (C=O) groups excluding carboxylic acids is 2. The van der Waals surface area contributed by atoms with Crippen molar-refractivity contribution in [3.63, 3.8) is 0 Å². The van der Waals surface area contributed by atoms with Crippen molar-refractivity contribution in [1.82, 2.24) is 0 Å². The largest absolute Gasteiger partial charge is 0.469 e. The van der Waals surface area contributed by atoms with Gasteiger partial charge in [0.25, 0.3) is 0 Å². The van der Waals surface area contributed by atoms with E-state index in [1.54, 1.807) is 18.2 Å². The van der Waals surface area contributed by atoms with Gasteiger partial charge in [0, 0.05) is 17.9 Å². The Labute approximate surface area is 131 Å². The van der Waals surface area contributed by atoms with Crippen LogP contribution in [-0.2, 0) is 9.53 Å². The molecular formula is C19H20O3. The molecular weight excluding hydrogens is 276 g/mol. The molecule has 0 N–H and O–H groups in total. The molecule has 0 spiro atoms. The summed E-state index contributed by atoms with van der Waals surface area (Å²) in [5, 5.41) is 0. The number of benzene rings is 1. The van der Waals surface area contributed by atoms with Crippen molar-refractivity contribution >= 4 is 11.8 Å². The first-order chi connectivity index (χ1) is 10.6. The molecule has 0 aromatic heterocycles. The minimum absolute atomic E-state index is 0.0260. The standard InChI is InChI=1S/C19H20O3/c1-4-9-15(10-5-2)17(14-19(21)22-3)13-18(20)16-11-7-6-8-12-16/h1,5-12,17H,13-14H2,2-3H3. The molecule has 1 aromatic carbocycles. The lowest BCUT2D eigenvalue weighted by Gasteiger charge is -2.16. The molecule has 0 aliphatic carbocycles. The first-order valence-electron chi connectivity index (χ1n) is 7.06. The fraction of sp³-hybridized carbons (Fsp3) is 0.263. The normalized spacial score (nSPS) is 12.7. The molecule has 0 heterocycles. The average Bonchev–Trinajstić information content (AvgIpc) is 2.54. The lowest BCUT2D eigenvalue weighted by atomic mass is 9.88. The van der Waals surface area contributed by atoms with Crippen LogP contribution in [0.15, 0.2) is 54.1 Å². The minimum atomic E-state index is -0.363. The van der Waals surface area contributed by atoms with Gasteiger partial charge < -0.3 is 4.74 Å². The van der Waals surface area contributed by atoms with E-state index in [0.29, 0.717) is 5.56 Å². The molecule has 0 radical (unpaired) electrons. The lowest BCUT2D eigenvalue weighted by Crippen LogP contribution is -2.16. The highest BCUT2D eigenvalue weighted by atomic mass is 16.5. The second kappa shape index (κ2) is 9.36. The van der Waals surface area contributed by atoms with Crippen LogP contribution in [0.25, 0.3) is 0 Å². The molecule has 3 heteroatoms. The van der Waals surface area contributed by atoms with Crippen molar-refractivity contribution in [2.75, 3.05) is 7.11 Å². The van der Waals surface area contributed by atoms with Crippen LogP contribution in [0.2, 0.25) is 0 Å². The van der Waals surface area contributed by atoms with Crippen LogP contribution in [0.5, 0.6) is 0 Å². The second-order valence-corrected chi connectivity index (χ2v) is 4.78. The van der Waals surface area contributed by atoms with Crippen molar-refractivity contribution in [3.05, 3.63) is 59.7 Å². The summed E-state index contributed by atoms with van der Waals surface area (Å²) >= 11 is 0. The Kier molecular flexibility index (Phi) is 7.42. The fourth-order valence-electron chi connectivity index (χ4n) is 2.15. The Morgan fingerprint density at radius 2 is 1.95 bits per heavy atom. The first-order valence-corrected chi connectivity index (χ1v) is 7.06. The molecule has 0 bridgehead atoms. The van der Waals surface area contributed by atoms with E-state index in [4.69, 9.17) is 11.2 Å². The average molecular weight is 296 g/mol. The van der Waals surface area contributed by atoms with Crippen LogP contribution in [0.1, 0.15) is 30.1 Å². The Balaban J connectivity index is 3.00. The summed E-state index contributed by atoms with van der Waals surface area (Å²) in [4.78, 5) is 24.0. The van der Waals surface area contributed by atoms with E-state index in [0.717, 1.165) is 5.57 Å². The van der Waals surface area contributed by atoms with E-state index in [2.05, 4.69) is 5.92 Å². The summed E-state index contributed by atoms with van der Waals surface area (Å²) in [6.45, 7) is 1.86. The van der Waals surface area contributed by atoms with Gasteiger partial charge in [-0.2, -0.15) is 0 Å². The Morgan fingerprint density at radius 1 is 1.27 bits per heavy atom. The predicted octanol–water partition coefficient (Wildman–Crippen LogP) is 3.57. The summed E-state index contributed by atoms with van der Waals surface area (Å²) in [5.74, 6) is 1.77. The van der Waals surface area contributed by atoms with Crippen LogP contribution in [0.4, 0.5) is 0 Å². The number of Topliss-reactive ketones (excluding diaryl/α,β-unsaturated/α-hetero) is 1. The topological polar surface area (TPSA) is 43.4 Å². The Bertz CT molecular complexity index is 603. The maximum atomic E-state index is 12.4. The number of ether oxygens (including phenoxy) is 1. The third-order valence-corrected chi connectivity index (χ3v) is 3.25. The van der Waals surface area contributed by atoms with Crippen LogP contribution in [0.3, 0.4) is 0 Å². The van der Waals surface area contributed by atoms with Gasteiger partial charge in [-0.05, 0) is 18.6 Å². The number of rotatable bonds is 7. The molecule has 1 rings (SSSR count). The Hall–Kier alpha value is -2.60. The van der Waals surface area contributed by atoms with Gasteiger partial charge in [0.2, 0.25) is 0 Å². The lowest BCUT2D eigenvalue weighted by molar-refractivity contribution is -0.141. The van der Waals surface area contributed by atoms with Crippen molar-refractivity contribution in [2.24, 2.45) is 5.92 Å². The van der Waals surface area contributed by atoms with E-state index in [1.165, 1.54) is 7.11 Å². The molecule has 1 aromatic rings. The summed E-state index contributed by atoms with van der Waals surface area (Å²) in [6.07, 6.45) is 10.9. The van der Waals surface area contributed by atoms with E-state index in [-0.39, 0.29) is 30.5 Å². The van der Waals surface area contributed by atoms with Crippen molar-refractivity contribution < 1.29 is 14.3 Å². The molecule has 3 nitrogen and oxygen atoms in total. The van der Waals surface area contributed by atoms with E-state index < -0.39 is 0 Å². The number of carbonyl (C=O) groups is 2. The van der Waals surface area contributed by atoms with Gasteiger partial charge in [0.1, 0.15) is 0 Å². The van der Waals surface area contributed by atoms with E-state index in [1.807, 2.05) is 37.3 Å². The smallest absolute Gasteiger partial charge is 0.306 e. The molecule has 114 valence electrons. The number of methoxy groups -OCH3 is 1. The molecule has 0 aliphatic heterocycles. The zero-order valence-corrected chi connectivity index (χ0v) is 12.9. The van der Waals surface area contributed by atoms with Gasteiger partial charge >= 0.3 is 5.97 Å². The molecule has 1 unspecified atom stereocenters. The summed E-state index contributed by atoms with van der Waals surface area (Å²) in [6, 6.07) is 9.00. The van der Waals surface area contributed by atoms with Gasteiger partial charge in [-0.3, -0.25) is 9.59 Å². The second-order valence-electron chi connectivity index (χ2n) is 4.78. The van der Waals surface area contributed by atoms with Crippen LogP contribution < -0.4 is 0 Å². The summed E-state index contributed by atoms with van der Waals surface area (Å²) < 4.78 is 4.72. The zero-order chi connectivity index (χ0) is 16.4. The number of terminal acetylenes is 1. The highest BCUT2D eigenvalue weighted by Gasteiger charge is 2.21. The monoisotopic (exact) mass is 296 g/mol. The van der Waals surface area contributed by atoms with Gasteiger partial charge in [0.15, 0.2) is 5.78 Å². The maximum Gasteiger partial charge on any atom is 0.306 e. The van der Waals surface area contributed by atoms with Crippen molar-refractivity contribution in [3.8, 4) is 12.3 Å². The molecule has 0 saturated carbocycles. The minimum Gasteiger partial charge on any atom is -0.469 e. The van der Waals surface area contributed by atoms with E-state index in [9.17, 15) is 9.59 Å². The fourth-order valence-corrected chi connectivity index (χ4v) is 2.15. The highest BCUT2D eigenvalue weighted by molar-refractivity contribution is 5.96. The number of hydrogen-bond acceptors (Lipinski definition) is 3. The zero-order valence-electron chi connectivity index (χ0n) is 12.9. The first kappa shape index (κ1) is 17.5. The van der Waals surface area contributed by atoms with Gasteiger partial charge in [-0.25, -0.2) is 0 Å². The predicted molar refractivity (Wildman–Crippen MR) is 87.2 cm³/mol. The SMILES string of the molecule is C#CC=C(C=CC)C(CC(=O)OC)CC(=O)c1ccccc1. The third kappa shape index (κ3) is 5.41. The number of hydrogen-bond donors (Lipinski definition) is 0. The molecule has 0 saturated heterocycles. The van der Waals surface area contributed by atoms with Gasteiger partial charge in [-0.15, -0.1) is 6.42 Å². The quantitative estimate of drug-likeness (QED) is 0.334.